The maximum Gasteiger partial charge on any atom is 0.416 e. The Balaban J connectivity index is 1.51. The SMILES string of the molecule is CC1CCCN(C(C)CNC(=O)Cc2csc(-c3ccc(C(F)(F)F)cc3)n2)C1. The number of thiazole rings is 1. The van der Waals surface area contributed by atoms with Crippen LogP contribution >= 0.6 is 11.3 Å². The number of likely N-dealkylation sites (tertiary alicyclic amines) is 1. The number of nitrogens with one attached hydrogen (secondary N) is 1. The summed E-state index contributed by atoms with van der Waals surface area (Å²) in [4.78, 5) is 19.1. The van der Waals surface area contributed by atoms with Gasteiger partial charge in [-0.15, -0.1) is 11.3 Å². The van der Waals surface area contributed by atoms with Gasteiger partial charge >= 0.3 is 6.18 Å². The van der Waals surface area contributed by atoms with Crippen LogP contribution in [0.15, 0.2) is 29.6 Å². The van der Waals surface area contributed by atoms with Crippen molar-refractivity contribution in [1.82, 2.24) is 15.2 Å². The third-order valence-corrected chi connectivity index (χ3v) is 6.20. The Morgan fingerprint density at radius 1 is 1.34 bits per heavy atom. The van der Waals surface area contributed by atoms with Gasteiger partial charge in [-0.25, -0.2) is 4.98 Å². The van der Waals surface area contributed by atoms with Gasteiger partial charge in [0.1, 0.15) is 5.01 Å². The van der Waals surface area contributed by atoms with Gasteiger partial charge in [0.05, 0.1) is 17.7 Å². The fourth-order valence-electron chi connectivity index (χ4n) is 3.57. The molecule has 1 fully saturated rings. The second kappa shape index (κ2) is 9.26. The second-order valence-corrected chi connectivity index (χ2v) is 8.65. The molecule has 1 amide bonds. The van der Waals surface area contributed by atoms with Crippen LogP contribution < -0.4 is 5.32 Å². The Morgan fingerprint density at radius 2 is 2.07 bits per heavy atom. The molecule has 1 saturated heterocycles. The van der Waals surface area contributed by atoms with Crippen LogP contribution in [0.3, 0.4) is 0 Å². The van der Waals surface area contributed by atoms with Gasteiger partial charge in [0.25, 0.3) is 0 Å². The summed E-state index contributed by atoms with van der Waals surface area (Å²) in [5.74, 6) is 0.603. The summed E-state index contributed by atoms with van der Waals surface area (Å²) in [5, 5.41) is 5.36. The minimum Gasteiger partial charge on any atom is -0.354 e. The zero-order valence-corrected chi connectivity index (χ0v) is 17.4. The lowest BCUT2D eigenvalue weighted by Gasteiger charge is -2.35. The first-order chi connectivity index (χ1) is 13.7. The lowest BCUT2D eigenvalue weighted by molar-refractivity contribution is -0.137. The van der Waals surface area contributed by atoms with Gasteiger partial charge in [-0.3, -0.25) is 9.69 Å². The van der Waals surface area contributed by atoms with Crippen LogP contribution in [0.2, 0.25) is 0 Å². The zero-order chi connectivity index (χ0) is 21.0. The highest BCUT2D eigenvalue weighted by Crippen LogP contribution is 2.31. The van der Waals surface area contributed by atoms with Gasteiger partial charge < -0.3 is 5.32 Å². The lowest BCUT2D eigenvalue weighted by Crippen LogP contribution is -2.46. The van der Waals surface area contributed by atoms with Crippen molar-refractivity contribution in [3.63, 3.8) is 0 Å². The minimum atomic E-state index is -4.35. The maximum atomic E-state index is 12.7. The number of carbonyl (C=O) groups excluding carboxylic acids is 1. The number of benzene rings is 1. The summed E-state index contributed by atoms with van der Waals surface area (Å²) in [5.41, 5.74) is 0.554. The number of nitrogens with zero attached hydrogens (tertiary/aromatic N) is 2. The Kier molecular flexibility index (Phi) is 6.95. The largest absolute Gasteiger partial charge is 0.416 e. The normalized spacial score (nSPS) is 19.1. The molecule has 8 heteroatoms. The summed E-state index contributed by atoms with van der Waals surface area (Å²) in [6, 6.07) is 5.21. The number of aromatic nitrogens is 1. The summed E-state index contributed by atoms with van der Waals surface area (Å²) in [7, 11) is 0. The lowest BCUT2D eigenvalue weighted by atomic mass is 9.99. The molecule has 0 radical (unpaired) electrons. The first kappa shape index (κ1) is 21.8. The maximum absolute atomic E-state index is 12.7. The first-order valence-corrected chi connectivity index (χ1v) is 10.7. The fourth-order valence-corrected chi connectivity index (χ4v) is 4.39. The van der Waals surface area contributed by atoms with Crippen molar-refractivity contribution in [2.75, 3.05) is 19.6 Å². The van der Waals surface area contributed by atoms with E-state index in [1.807, 2.05) is 0 Å². The Morgan fingerprint density at radius 3 is 2.72 bits per heavy atom. The molecule has 0 aliphatic carbocycles. The zero-order valence-electron chi connectivity index (χ0n) is 16.6. The highest BCUT2D eigenvalue weighted by atomic mass is 32.1. The van der Waals surface area contributed by atoms with E-state index in [0.29, 0.717) is 34.8 Å². The molecule has 3 rings (SSSR count). The third kappa shape index (κ3) is 6.02. The quantitative estimate of drug-likeness (QED) is 0.735. The van der Waals surface area contributed by atoms with Gasteiger partial charge in [0.15, 0.2) is 0 Å². The molecule has 2 atom stereocenters. The molecule has 2 aromatic rings. The minimum absolute atomic E-state index is 0.0915. The highest BCUT2D eigenvalue weighted by molar-refractivity contribution is 7.13. The Labute approximate surface area is 173 Å². The smallest absolute Gasteiger partial charge is 0.354 e. The third-order valence-electron chi connectivity index (χ3n) is 5.26. The molecule has 29 heavy (non-hydrogen) atoms. The van der Waals surface area contributed by atoms with Crippen LogP contribution in [0.25, 0.3) is 10.6 Å². The van der Waals surface area contributed by atoms with Crippen molar-refractivity contribution in [1.29, 1.82) is 0 Å². The molecule has 4 nitrogen and oxygen atoms in total. The predicted octanol–water partition coefficient (Wildman–Crippen LogP) is 4.61. The van der Waals surface area contributed by atoms with E-state index < -0.39 is 11.7 Å². The predicted molar refractivity (Wildman–Crippen MR) is 109 cm³/mol. The van der Waals surface area contributed by atoms with Gasteiger partial charge in [-0.2, -0.15) is 13.2 Å². The van der Waals surface area contributed by atoms with Gasteiger partial charge in [0.2, 0.25) is 5.91 Å². The van der Waals surface area contributed by atoms with Gasteiger partial charge in [-0.1, -0.05) is 19.1 Å². The molecule has 1 aliphatic heterocycles. The number of rotatable bonds is 6. The molecule has 0 bridgehead atoms. The summed E-state index contributed by atoms with van der Waals surface area (Å²) < 4.78 is 38.0. The van der Waals surface area contributed by atoms with E-state index in [1.165, 1.54) is 36.3 Å². The Hall–Kier alpha value is -1.93. The van der Waals surface area contributed by atoms with Crippen molar-refractivity contribution in [3.8, 4) is 10.6 Å². The van der Waals surface area contributed by atoms with E-state index in [9.17, 15) is 18.0 Å². The standard InChI is InChI=1S/C21H26F3N3OS/c1-14-4-3-9-27(12-14)15(2)11-25-19(28)10-18-13-29-20(26-18)16-5-7-17(8-6-16)21(22,23)24/h5-8,13-15H,3-4,9-12H2,1-2H3,(H,25,28). The molecule has 1 aromatic carbocycles. The molecule has 2 heterocycles. The van der Waals surface area contributed by atoms with E-state index in [4.69, 9.17) is 0 Å². The van der Waals surface area contributed by atoms with Crippen LogP contribution in [-0.4, -0.2) is 41.5 Å². The number of piperidine rings is 1. The molecule has 2 unspecified atom stereocenters. The fraction of sp³-hybridized carbons (Fsp3) is 0.524. The summed E-state index contributed by atoms with van der Waals surface area (Å²) in [6.07, 6.45) is -1.72. The summed E-state index contributed by atoms with van der Waals surface area (Å²) in [6.45, 7) is 7.13. The average Bonchev–Trinajstić information content (AvgIpc) is 3.14. The van der Waals surface area contributed by atoms with Crippen molar-refractivity contribution in [3.05, 3.63) is 40.9 Å². The van der Waals surface area contributed by atoms with Gasteiger partial charge in [-0.05, 0) is 44.4 Å². The topological polar surface area (TPSA) is 45.2 Å². The molecule has 0 spiro atoms. The number of hydrogen-bond acceptors (Lipinski definition) is 4. The van der Waals surface area contributed by atoms with Crippen molar-refractivity contribution in [2.24, 2.45) is 5.92 Å². The molecule has 158 valence electrons. The highest BCUT2D eigenvalue weighted by Gasteiger charge is 2.30. The molecule has 1 aliphatic rings. The van der Waals surface area contributed by atoms with Crippen LogP contribution in [0, 0.1) is 5.92 Å². The van der Waals surface area contributed by atoms with E-state index >= 15 is 0 Å². The van der Waals surface area contributed by atoms with Crippen molar-refractivity contribution in [2.45, 2.75) is 45.3 Å². The van der Waals surface area contributed by atoms with Gasteiger partial charge in [0, 0.05) is 30.1 Å². The van der Waals surface area contributed by atoms with Crippen LogP contribution in [-0.2, 0) is 17.4 Å². The van der Waals surface area contributed by atoms with E-state index in [-0.39, 0.29) is 12.3 Å². The van der Waals surface area contributed by atoms with E-state index in [0.717, 1.165) is 25.2 Å². The van der Waals surface area contributed by atoms with Crippen LogP contribution in [0.4, 0.5) is 13.2 Å². The molecule has 1 N–H and O–H groups in total. The molecule has 1 aromatic heterocycles. The first-order valence-electron chi connectivity index (χ1n) is 9.85. The summed E-state index contributed by atoms with van der Waals surface area (Å²) >= 11 is 1.32. The number of carbonyl (C=O) groups is 1. The van der Waals surface area contributed by atoms with Crippen LogP contribution in [0.5, 0.6) is 0 Å². The number of amides is 1. The monoisotopic (exact) mass is 425 g/mol. The van der Waals surface area contributed by atoms with Crippen molar-refractivity contribution >= 4 is 17.2 Å². The molecular weight excluding hydrogens is 399 g/mol. The van der Waals surface area contributed by atoms with Crippen molar-refractivity contribution < 1.29 is 18.0 Å². The number of halogens is 3. The molecule has 0 saturated carbocycles. The van der Waals surface area contributed by atoms with Crippen LogP contribution in [0.1, 0.15) is 37.9 Å². The van der Waals surface area contributed by atoms with E-state index in [1.54, 1.807) is 5.38 Å². The second-order valence-electron chi connectivity index (χ2n) is 7.79. The average molecular weight is 426 g/mol. The number of alkyl halides is 3. The Bertz CT molecular complexity index is 819. The molecular formula is C21H26F3N3OS. The number of hydrogen-bond donors (Lipinski definition) is 1. The van der Waals surface area contributed by atoms with E-state index in [2.05, 4.69) is 29.0 Å².